The van der Waals surface area contributed by atoms with E-state index < -0.39 is 0 Å². The minimum Gasteiger partial charge on any atom is -0.494 e. The van der Waals surface area contributed by atoms with E-state index >= 15 is 0 Å². The maximum absolute atomic E-state index is 5.96. The van der Waals surface area contributed by atoms with Crippen molar-refractivity contribution in [2.75, 3.05) is 6.61 Å². The number of para-hydroxylation sites is 2. The van der Waals surface area contributed by atoms with E-state index in [2.05, 4.69) is 73.0 Å². The van der Waals surface area contributed by atoms with Gasteiger partial charge in [0.15, 0.2) is 0 Å². The van der Waals surface area contributed by atoms with E-state index in [1.54, 1.807) is 0 Å². The van der Waals surface area contributed by atoms with Crippen LogP contribution in [0, 0.1) is 13.8 Å². The molecule has 0 fully saturated rings. The maximum atomic E-state index is 5.96. The topological polar surface area (TPSA) is 27.1 Å². The van der Waals surface area contributed by atoms with Crippen LogP contribution in [0.2, 0.25) is 0 Å². The molecule has 3 heteroatoms. The molecule has 0 spiro atoms. The van der Waals surface area contributed by atoms with Crippen molar-refractivity contribution in [3.63, 3.8) is 0 Å². The number of benzene rings is 3. The molecule has 0 unspecified atom stereocenters. The van der Waals surface area contributed by atoms with Crippen LogP contribution in [0.3, 0.4) is 0 Å². The Balaban J connectivity index is 1.52. The van der Waals surface area contributed by atoms with Gasteiger partial charge < -0.3 is 9.30 Å². The molecule has 0 N–H and O–H groups in total. The molecule has 0 saturated carbocycles. The molecular weight excluding hydrogens is 332 g/mol. The lowest BCUT2D eigenvalue weighted by Crippen LogP contribution is -2.06. The predicted octanol–water partition coefficient (Wildman–Crippen LogP) is 5.79. The van der Waals surface area contributed by atoms with Gasteiger partial charge in [0.25, 0.3) is 0 Å². The van der Waals surface area contributed by atoms with E-state index in [0.717, 1.165) is 35.6 Å². The zero-order valence-corrected chi connectivity index (χ0v) is 15.9. The van der Waals surface area contributed by atoms with E-state index in [1.165, 1.54) is 16.6 Å². The Morgan fingerprint density at radius 1 is 0.852 bits per heavy atom. The quantitative estimate of drug-likeness (QED) is 0.409. The average molecular weight is 356 g/mol. The van der Waals surface area contributed by atoms with Crippen LogP contribution in [0.4, 0.5) is 0 Å². The highest BCUT2D eigenvalue weighted by molar-refractivity contribution is 5.80. The van der Waals surface area contributed by atoms with Crippen LogP contribution < -0.4 is 4.74 Å². The minimum atomic E-state index is 0.684. The van der Waals surface area contributed by atoms with Crippen LogP contribution in [0.25, 0.3) is 22.4 Å². The third-order valence-corrected chi connectivity index (χ3v) is 4.96. The summed E-state index contributed by atoms with van der Waals surface area (Å²) in [5.41, 5.74) is 5.90. The fourth-order valence-corrected chi connectivity index (χ4v) is 3.33. The normalized spacial score (nSPS) is 11.0. The highest BCUT2D eigenvalue weighted by Gasteiger charge is 2.11. The van der Waals surface area contributed by atoms with Crippen LogP contribution in [0.15, 0.2) is 72.8 Å². The number of hydrogen-bond acceptors (Lipinski definition) is 2. The van der Waals surface area contributed by atoms with E-state index in [-0.39, 0.29) is 0 Å². The van der Waals surface area contributed by atoms with E-state index in [1.807, 2.05) is 18.2 Å². The number of aryl methyl sites for hydroxylation is 3. The van der Waals surface area contributed by atoms with Gasteiger partial charge in [-0.15, -0.1) is 0 Å². The predicted molar refractivity (Wildman–Crippen MR) is 111 cm³/mol. The molecule has 136 valence electrons. The third kappa shape index (κ3) is 3.72. The number of rotatable bonds is 6. The lowest BCUT2D eigenvalue weighted by molar-refractivity contribution is 0.302. The standard InChI is InChI=1S/C24H24N2O/c1-18-13-14-21(17-19(18)2)27-16-8-15-26-23-12-7-6-11-22(23)25-24(26)20-9-4-3-5-10-20/h3-7,9-14,17H,8,15-16H2,1-2H3. The van der Waals surface area contributed by atoms with Crippen LogP contribution in [-0.2, 0) is 6.54 Å². The zero-order valence-electron chi connectivity index (χ0n) is 15.9. The van der Waals surface area contributed by atoms with Crippen LogP contribution in [-0.4, -0.2) is 16.2 Å². The molecular formula is C24H24N2O. The van der Waals surface area contributed by atoms with Crippen molar-refractivity contribution >= 4 is 11.0 Å². The first-order valence-electron chi connectivity index (χ1n) is 9.43. The Morgan fingerprint density at radius 3 is 2.44 bits per heavy atom. The number of hydrogen-bond donors (Lipinski definition) is 0. The smallest absolute Gasteiger partial charge is 0.141 e. The lowest BCUT2D eigenvalue weighted by atomic mass is 10.1. The summed E-state index contributed by atoms with van der Waals surface area (Å²) in [5, 5.41) is 0. The second-order valence-corrected chi connectivity index (χ2v) is 6.89. The minimum absolute atomic E-state index is 0.684. The summed E-state index contributed by atoms with van der Waals surface area (Å²) in [4.78, 5) is 4.86. The van der Waals surface area contributed by atoms with Crippen molar-refractivity contribution in [2.24, 2.45) is 0 Å². The first-order valence-corrected chi connectivity index (χ1v) is 9.43. The SMILES string of the molecule is Cc1ccc(OCCCn2c(-c3ccccc3)nc3ccccc32)cc1C. The molecule has 0 aliphatic rings. The van der Waals surface area contributed by atoms with Crippen molar-refractivity contribution in [1.29, 1.82) is 0 Å². The monoisotopic (exact) mass is 356 g/mol. The van der Waals surface area contributed by atoms with Gasteiger partial charge in [0.05, 0.1) is 17.6 Å². The molecule has 0 atom stereocenters. The van der Waals surface area contributed by atoms with Crippen molar-refractivity contribution in [1.82, 2.24) is 9.55 Å². The van der Waals surface area contributed by atoms with Crippen molar-refractivity contribution < 1.29 is 4.74 Å². The number of imidazole rings is 1. The van der Waals surface area contributed by atoms with Gasteiger partial charge in [-0.25, -0.2) is 4.98 Å². The lowest BCUT2D eigenvalue weighted by Gasteiger charge is -2.11. The first kappa shape index (κ1) is 17.3. The molecule has 0 amide bonds. The molecule has 4 aromatic rings. The van der Waals surface area contributed by atoms with Crippen LogP contribution in [0.5, 0.6) is 5.75 Å². The summed E-state index contributed by atoms with van der Waals surface area (Å²) in [7, 11) is 0. The van der Waals surface area contributed by atoms with Crippen molar-refractivity contribution in [3.8, 4) is 17.1 Å². The van der Waals surface area contributed by atoms with Gasteiger partial charge in [-0.2, -0.15) is 0 Å². The Bertz CT molecular complexity index is 1050. The molecule has 1 aromatic heterocycles. The number of fused-ring (bicyclic) bond motifs is 1. The van der Waals surface area contributed by atoms with E-state index in [4.69, 9.17) is 9.72 Å². The molecule has 0 bridgehead atoms. The second-order valence-electron chi connectivity index (χ2n) is 6.89. The largest absolute Gasteiger partial charge is 0.494 e. The fraction of sp³-hybridized carbons (Fsp3) is 0.208. The third-order valence-electron chi connectivity index (χ3n) is 4.96. The summed E-state index contributed by atoms with van der Waals surface area (Å²) in [6, 6.07) is 25.0. The number of aromatic nitrogens is 2. The van der Waals surface area contributed by atoms with Gasteiger partial charge in [-0.3, -0.25) is 0 Å². The van der Waals surface area contributed by atoms with Gasteiger partial charge in [-0.05, 0) is 55.7 Å². The van der Waals surface area contributed by atoms with Gasteiger partial charge in [0.2, 0.25) is 0 Å². The van der Waals surface area contributed by atoms with Crippen molar-refractivity contribution in [2.45, 2.75) is 26.8 Å². The Kier molecular flexibility index (Phi) is 4.93. The Hall–Kier alpha value is -3.07. The summed E-state index contributed by atoms with van der Waals surface area (Å²) in [6.45, 7) is 5.79. The average Bonchev–Trinajstić information content (AvgIpc) is 3.07. The Labute approximate surface area is 160 Å². The fourth-order valence-electron chi connectivity index (χ4n) is 3.33. The molecule has 0 aliphatic heterocycles. The molecule has 3 nitrogen and oxygen atoms in total. The summed E-state index contributed by atoms with van der Waals surface area (Å²) < 4.78 is 8.26. The number of ether oxygens (including phenoxy) is 1. The van der Waals surface area contributed by atoms with E-state index in [0.29, 0.717) is 6.61 Å². The molecule has 27 heavy (non-hydrogen) atoms. The molecule has 0 aliphatic carbocycles. The van der Waals surface area contributed by atoms with Gasteiger partial charge in [0.1, 0.15) is 11.6 Å². The van der Waals surface area contributed by atoms with Crippen molar-refractivity contribution in [3.05, 3.63) is 83.9 Å². The highest BCUT2D eigenvalue weighted by atomic mass is 16.5. The zero-order chi connectivity index (χ0) is 18.6. The second kappa shape index (κ2) is 7.67. The molecule has 3 aromatic carbocycles. The van der Waals surface area contributed by atoms with Gasteiger partial charge in [-0.1, -0.05) is 48.5 Å². The van der Waals surface area contributed by atoms with Gasteiger partial charge >= 0.3 is 0 Å². The molecule has 4 rings (SSSR count). The summed E-state index contributed by atoms with van der Waals surface area (Å²) >= 11 is 0. The van der Waals surface area contributed by atoms with Crippen LogP contribution in [0.1, 0.15) is 17.5 Å². The van der Waals surface area contributed by atoms with E-state index in [9.17, 15) is 0 Å². The van der Waals surface area contributed by atoms with Gasteiger partial charge in [0, 0.05) is 12.1 Å². The highest BCUT2D eigenvalue weighted by Crippen LogP contribution is 2.25. The first-order chi connectivity index (χ1) is 13.2. The number of nitrogens with zero attached hydrogens (tertiary/aromatic N) is 2. The Morgan fingerprint density at radius 2 is 1.63 bits per heavy atom. The molecule has 0 saturated heterocycles. The summed E-state index contributed by atoms with van der Waals surface area (Å²) in [6.07, 6.45) is 0.924. The van der Waals surface area contributed by atoms with Crippen LogP contribution >= 0.6 is 0 Å². The summed E-state index contributed by atoms with van der Waals surface area (Å²) in [5.74, 6) is 1.96. The molecule has 1 heterocycles. The maximum Gasteiger partial charge on any atom is 0.141 e. The molecule has 0 radical (unpaired) electrons.